The number of nitrogens with zero attached hydrogens (tertiary/aromatic N) is 3. The largest absolute Gasteiger partial charge is 0.456 e. The molecule has 1 spiro atoms. The van der Waals surface area contributed by atoms with Crippen LogP contribution in [-0.2, 0) is 12.0 Å². The third-order valence-electron chi connectivity index (χ3n) is 11.4. The molecule has 2 aliphatic rings. The Kier molecular flexibility index (Phi) is 7.42. The van der Waals surface area contributed by atoms with Crippen LogP contribution in [0.2, 0.25) is 0 Å². The fraction of sp³-hybridized carbons (Fsp3) is 0.0385. The molecule has 1 aromatic heterocycles. The van der Waals surface area contributed by atoms with Gasteiger partial charge in [0.25, 0.3) is 0 Å². The summed E-state index contributed by atoms with van der Waals surface area (Å²) in [5.41, 5.74) is 14.5. The van der Waals surface area contributed by atoms with Crippen LogP contribution in [0.15, 0.2) is 200 Å². The van der Waals surface area contributed by atoms with Crippen LogP contribution in [0.1, 0.15) is 27.8 Å². The molecule has 264 valence electrons. The van der Waals surface area contributed by atoms with E-state index in [4.69, 9.17) is 14.8 Å². The lowest BCUT2D eigenvalue weighted by molar-refractivity contribution is 0.438. The Balaban J connectivity index is 1.02. The quantitative estimate of drug-likeness (QED) is 0.172. The van der Waals surface area contributed by atoms with Gasteiger partial charge >= 0.3 is 0 Å². The normalized spacial score (nSPS) is 13.0. The summed E-state index contributed by atoms with van der Waals surface area (Å²) in [6.07, 6.45) is 0. The summed E-state index contributed by atoms with van der Waals surface area (Å²) >= 11 is 0. The molecule has 4 nitrogen and oxygen atoms in total. The molecule has 8 aromatic carbocycles. The molecule has 0 fully saturated rings. The van der Waals surface area contributed by atoms with Crippen molar-refractivity contribution in [1.82, 2.24) is 14.8 Å². The van der Waals surface area contributed by atoms with Crippen LogP contribution in [0.3, 0.4) is 0 Å². The minimum Gasteiger partial charge on any atom is -0.456 e. The first-order chi connectivity index (χ1) is 27.8. The zero-order valence-electron chi connectivity index (χ0n) is 30.5. The molecule has 0 saturated heterocycles. The zero-order chi connectivity index (χ0) is 37.1. The molecule has 2 heterocycles. The number of ether oxygens (including phenoxy) is 1. The number of fused-ring (bicyclic) bond motifs is 9. The van der Waals surface area contributed by atoms with E-state index in [2.05, 4.69) is 176 Å². The average molecular weight is 718 g/mol. The smallest absolute Gasteiger partial charge is 0.181 e. The lowest BCUT2D eigenvalue weighted by Crippen LogP contribution is -2.32. The Morgan fingerprint density at radius 2 is 0.946 bits per heavy atom. The minimum atomic E-state index is -0.505. The monoisotopic (exact) mass is 717 g/mol. The fourth-order valence-corrected chi connectivity index (χ4v) is 8.94. The van der Waals surface area contributed by atoms with Crippen LogP contribution in [0.5, 0.6) is 11.5 Å². The van der Waals surface area contributed by atoms with E-state index in [0.29, 0.717) is 12.4 Å². The van der Waals surface area contributed by atoms with Crippen molar-refractivity contribution in [2.45, 2.75) is 12.0 Å². The topological polar surface area (TPSA) is 39.9 Å². The van der Waals surface area contributed by atoms with Gasteiger partial charge in [-0.1, -0.05) is 182 Å². The molecule has 4 heteroatoms. The highest BCUT2D eigenvalue weighted by molar-refractivity contribution is 5.90. The van der Waals surface area contributed by atoms with Gasteiger partial charge < -0.3 is 4.74 Å². The van der Waals surface area contributed by atoms with E-state index in [1.165, 1.54) is 33.4 Å². The highest BCUT2D eigenvalue weighted by Crippen LogP contribution is 2.63. The van der Waals surface area contributed by atoms with Gasteiger partial charge in [0.15, 0.2) is 11.6 Å². The third kappa shape index (κ3) is 5.00. The summed E-state index contributed by atoms with van der Waals surface area (Å²) in [7, 11) is 0. The maximum absolute atomic E-state index is 6.98. The molecular formula is C52H35N3O. The molecule has 0 atom stereocenters. The maximum atomic E-state index is 6.98. The van der Waals surface area contributed by atoms with Gasteiger partial charge in [0, 0.05) is 27.8 Å². The van der Waals surface area contributed by atoms with Gasteiger partial charge in [-0.3, -0.25) is 0 Å². The van der Waals surface area contributed by atoms with Crippen LogP contribution in [-0.4, -0.2) is 14.8 Å². The van der Waals surface area contributed by atoms with E-state index < -0.39 is 5.41 Å². The molecule has 0 amide bonds. The van der Waals surface area contributed by atoms with Crippen molar-refractivity contribution < 1.29 is 4.74 Å². The van der Waals surface area contributed by atoms with Gasteiger partial charge in [-0.15, -0.1) is 0 Å². The number of para-hydroxylation sites is 2. The molecule has 0 N–H and O–H groups in total. The predicted octanol–water partition coefficient (Wildman–Crippen LogP) is 12.5. The van der Waals surface area contributed by atoms with Gasteiger partial charge in [0.1, 0.15) is 11.5 Å². The van der Waals surface area contributed by atoms with Gasteiger partial charge in [0.2, 0.25) is 0 Å². The molecule has 0 bridgehead atoms. The molecule has 0 saturated carbocycles. The van der Waals surface area contributed by atoms with Gasteiger partial charge in [0.05, 0.1) is 12.0 Å². The predicted molar refractivity (Wildman–Crippen MR) is 225 cm³/mol. The second-order valence-corrected chi connectivity index (χ2v) is 14.6. The molecule has 1 aliphatic carbocycles. The minimum absolute atomic E-state index is 0.505. The van der Waals surface area contributed by atoms with Crippen LogP contribution in [0, 0.1) is 0 Å². The standard InChI is InChI=1S/C52H35N3O/c1-3-16-35(17-4-1)34-55-51(36-18-5-2-6-19-36)53-50(54-55)40-23-14-21-38(33-40)37-20-13-22-39(32-37)41-26-15-30-47-49(41)56-48-31-12-11-29-46(48)52(47)44-27-9-7-24-42(44)43-25-8-10-28-45(43)52/h1-33H,34H2. The number of aromatic nitrogens is 3. The Hall–Kier alpha value is -7.30. The van der Waals surface area contributed by atoms with Crippen LogP contribution in [0.25, 0.3) is 56.2 Å². The Bertz CT molecular complexity index is 2880. The molecule has 9 aromatic rings. The molecule has 11 rings (SSSR count). The zero-order valence-corrected chi connectivity index (χ0v) is 30.5. The van der Waals surface area contributed by atoms with E-state index in [1.54, 1.807) is 0 Å². The number of benzene rings is 8. The Morgan fingerprint density at radius 3 is 1.68 bits per heavy atom. The molecule has 0 unspecified atom stereocenters. The van der Waals surface area contributed by atoms with Crippen LogP contribution < -0.4 is 4.74 Å². The summed E-state index contributed by atoms with van der Waals surface area (Å²) < 4.78 is 8.99. The summed E-state index contributed by atoms with van der Waals surface area (Å²) in [5.74, 6) is 3.32. The Labute approximate surface area is 326 Å². The molecule has 1 aliphatic heterocycles. The van der Waals surface area contributed by atoms with E-state index in [1.807, 2.05) is 28.9 Å². The van der Waals surface area contributed by atoms with Crippen molar-refractivity contribution in [2.75, 3.05) is 0 Å². The summed E-state index contributed by atoms with van der Waals surface area (Å²) in [4.78, 5) is 5.12. The van der Waals surface area contributed by atoms with E-state index in [-0.39, 0.29) is 0 Å². The van der Waals surface area contributed by atoms with Crippen molar-refractivity contribution in [2.24, 2.45) is 0 Å². The molecular weight excluding hydrogens is 683 g/mol. The van der Waals surface area contributed by atoms with E-state index >= 15 is 0 Å². The van der Waals surface area contributed by atoms with E-state index in [0.717, 1.165) is 56.3 Å². The lowest BCUT2D eigenvalue weighted by Gasteiger charge is -2.40. The first-order valence-electron chi connectivity index (χ1n) is 19.1. The first kappa shape index (κ1) is 32.2. The second-order valence-electron chi connectivity index (χ2n) is 14.6. The van der Waals surface area contributed by atoms with Crippen molar-refractivity contribution in [3.8, 4) is 67.7 Å². The molecule has 0 radical (unpaired) electrons. The van der Waals surface area contributed by atoms with Crippen molar-refractivity contribution in [1.29, 1.82) is 0 Å². The summed E-state index contributed by atoms with van der Waals surface area (Å²) in [5, 5.41) is 5.07. The SMILES string of the molecule is c1ccc(Cn2nc(-c3cccc(-c4cccc(-c5cccc6c5Oc5ccccc5C65c6ccccc6-c6ccccc65)c4)c3)nc2-c2ccccc2)cc1. The summed E-state index contributed by atoms with van der Waals surface area (Å²) in [6, 6.07) is 71.0. The second kappa shape index (κ2) is 12.9. The van der Waals surface area contributed by atoms with Crippen molar-refractivity contribution in [3.63, 3.8) is 0 Å². The molecule has 56 heavy (non-hydrogen) atoms. The van der Waals surface area contributed by atoms with Crippen molar-refractivity contribution >= 4 is 0 Å². The average Bonchev–Trinajstić information content (AvgIpc) is 3.82. The van der Waals surface area contributed by atoms with Crippen LogP contribution in [0.4, 0.5) is 0 Å². The van der Waals surface area contributed by atoms with Crippen LogP contribution >= 0.6 is 0 Å². The van der Waals surface area contributed by atoms with Gasteiger partial charge in [-0.25, -0.2) is 9.67 Å². The van der Waals surface area contributed by atoms with E-state index in [9.17, 15) is 0 Å². The third-order valence-corrected chi connectivity index (χ3v) is 11.4. The lowest BCUT2D eigenvalue weighted by atomic mass is 9.65. The number of hydrogen-bond acceptors (Lipinski definition) is 3. The first-order valence-corrected chi connectivity index (χ1v) is 19.1. The van der Waals surface area contributed by atoms with Gasteiger partial charge in [-0.2, -0.15) is 5.10 Å². The Morgan fingerprint density at radius 1 is 0.429 bits per heavy atom. The summed E-state index contributed by atoms with van der Waals surface area (Å²) in [6.45, 7) is 0.631. The fourth-order valence-electron chi connectivity index (χ4n) is 8.94. The van der Waals surface area contributed by atoms with Crippen molar-refractivity contribution in [3.05, 3.63) is 228 Å². The number of hydrogen-bond donors (Lipinski definition) is 0. The highest BCUT2D eigenvalue weighted by atomic mass is 16.5. The van der Waals surface area contributed by atoms with Gasteiger partial charge in [-0.05, 0) is 62.7 Å². The maximum Gasteiger partial charge on any atom is 0.181 e. The number of rotatable bonds is 6. The highest BCUT2D eigenvalue weighted by Gasteiger charge is 2.51.